The molecule has 0 spiro atoms. The molecular formula is C17H20FN3O4S. The first-order valence-electron chi connectivity index (χ1n) is 8.23. The van der Waals surface area contributed by atoms with Crippen LogP contribution < -0.4 is 0 Å². The third kappa shape index (κ3) is 3.69. The molecule has 0 unspecified atom stereocenters. The van der Waals surface area contributed by atoms with E-state index in [1.54, 1.807) is 13.8 Å². The van der Waals surface area contributed by atoms with Gasteiger partial charge in [-0.1, -0.05) is 5.16 Å². The minimum atomic E-state index is -3.67. The van der Waals surface area contributed by atoms with E-state index in [0.717, 1.165) is 0 Å². The molecule has 1 aliphatic rings. The van der Waals surface area contributed by atoms with Crippen molar-refractivity contribution in [2.75, 3.05) is 32.7 Å². The van der Waals surface area contributed by atoms with E-state index in [1.165, 1.54) is 28.6 Å². The Hall–Kier alpha value is -2.10. The number of hydrogen-bond acceptors (Lipinski definition) is 6. The molecule has 0 bridgehead atoms. The molecule has 1 saturated heterocycles. The summed E-state index contributed by atoms with van der Waals surface area (Å²) in [6, 6.07) is 5.41. The van der Waals surface area contributed by atoms with Crippen molar-refractivity contribution < 1.29 is 22.1 Å². The van der Waals surface area contributed by atoms with Gasteiger partial charge in [0.15, 0.2) is 11.5 Å². The standard InChI is InChI=1S/C17H20FN3O4S/c1-12-17(13(2)25-19-12)26(23,24)21-9-7-20(8-10-21)11-16(22)14-3-5-15(18)6-4-14/h3-6H,7-11H2,1-2H3. The maximum absolute atomic E-state index is 12.9. The summed E-state index contributed by atoms with van der Waals surface area (Å²) in [5.41, 5.74) is 0.786. The van der Waals surface area contributed by atoms with Gasteiger partial charge in [0, 0.05) is 31.7 Å². The van der Waals surface area contributed by atoms with E-state index >= 15 is 0 Å². The van der Waals surface area contributed by atoms with Gasteiger partial charge in [0.05, 0.1) is 6.54 Å². The van der Waals surface area contributed by atoms with Gasteiger partial charge in [0.25, 0.3) is 0 Å². The number of rotatable bonds is 5. The molecule has 2 heterocycles. The maximum Gasteiger partial charge on any atom is 0.248 e. The number of hydrogen-bond donors (Lipinski definition) is 0. The van der Waals surface area contributed by atoms with Crippen LogP contribution in [0.4, 0.5) is 4.39 Å². The fraction of sp³-hybridized carbons (Fsp3) is 0.412. The second-order valence-corrected chi connectivity index (χ2v) is 8.14. The second-order valence-electron chi connectivity index (χ2n) is 6.26. The predicted molar refractivity (Wildman–Crippen MR) is 91.9 cm³/mol. The number of nitrogens with zero attached hydrogens (tertiary/aromatic N) is 3. The fourth-order valence-corrected chi connectivity index (χ4v) is 4.74. The van der Waals surface area contributed by atoms with Crippen LogP contribution in [-0.4, -0.2) is 61.3 Å². The molecule has 26 heavy (non-hydrogen) atoms. The Morgan fingerprint density at radius 2 is 1.77 bits per heavy atom. The quantitative estimate of drug-likeness (QED) is 0.732. The summed E-state index contributed by atoms with van der Waals surface area (Å²) in [5.74, 6) is -0.233. The number of carbonyl (C=O) groups is 1. The number of aryl methyl sites for hydroxylation is 2. The van der Waals surface area contributed by atoms with Crippen molar-refractivity contribution in [1.29, 1.82) is 0 Å². The van der Waals surface area contributed by atoms with Gasteiger partial charge in [-0.05, 0) is 38.1 Å². The van der Waals surface area contributed by atoms with Crippen molar-refractivity contribution in [2.24, 2.45) is 0 Å². The lowest BCUT2D eigenvalue weighted by Crippen LogP contribution is -2.49. The average molecular weight is 381 g/mol. The number of ketones is 1. The zero-order valence-electron chi connectivity index (χ0n) is 14.6. The van der Waals surface area contributed by atoms with Crippen molar-refractivity contribution in [3.05, 3.63) is 47.1 Å². The summed E-state index contributed by atoms with van der Waals surface area (Å²) < 4.78 is 44.8. The Balaban J connectivity index is 1.62. The van der Waals surface area contributed by atoms with Crippen molar-refractivity contribution >= 4 is 15.8 Å². The van der Waals surface area contributed by atoms with E-state index in [4.69, 9.17) is 4.52 Å². The van der Waals surface area contributed by atoms with Gasteiger partial charge in [-0.3, -0.25) is 9.69 Å². The van der Waals surface area contributed by atoms with Gasteiger partial charge < -0.3 is 4.52 Å². The molecule has 1 aliphatic heterocycles. The molecule has 7 nitrogen and oxygen atoms in total. The first kappa shape index (κ1) is 18.7. The summed E-state index contributed by atoms with van der Waals surface area (Å²) in [4.78, 5) is 14.3. The number of halogens is 1. The predicted octanol–water partition coefficient (Wildman–Crippen LogP) is 1.62. The van der Waals surface area contributed by atoms with E-state index in [9.17, 15) is 17.6 Å². The fourth-order valence-electron chi connectivity index (χ4n) is 3.03. The Morgan fingerprint density at radius 3 is 2.31 bits per heavy atom. The van der Waals surface area contributed by atoms with E-state index in [-0.39, 0.29) is 41.9 Å². The number of piperazine rings is 1. The monoisotopic (exact) mass is 381 g/mol. The molecule has 1 aromatic heterocycles. The first-order chi connectivity index (χ1) is 12.3. The van der Waals surface area contributed by atoms with E-state index in [2.05, 4.69) is 5.16 Å². The van der Waals surface area contributed by atoms with E-state index < -0.39 is 10.0 Å². The van der Waals surface area contributed by atoms with Gasteiger partial charge in [0.1, 0.15) is 16.4 Å². The van der Waals surface area contributed by atoms with Crippen LogP contribution in [0.25, 0.3) is 0 Å². The Kier molecular flexibility index (Phi) is 5.22. The van der Waals surface area contributed by atoms with Gasteiger partial charge in [-0.2, -0.15) is 4.31 Å². The topological polar surface area (TPSA) is 83.7 Å². The van der Waals surface area contributed by atoms with Crippen LogP contribution in [-0.2, 0) is 10.0 Å². The smallest absolute Gasteiger partial charge is 0.248 e. The van der Waals surface area contributed by atoms with Gasteiger partial charge in [0.2, 0.25) is 10.0 Å². The summed E-state index contributed by atoms with van der Waals surface area (Å²) in [6.45, 7) is 4.79. The van der Waals surface area contributed by atoms with Crippen LogP contribution in [0.5, 0.6) is 0 Å². The van der Waals surface area contributed by atoms with Crippen molar-refractivity contribution in [2.45, 2.75) is 18.7 Å². The lowest BCUT2D eigenvalue weighted by Gasteiger charge is -2.33. The number of aromatic nitrogens is 1. The van der Waals surface area contributed by atoms with Crippen LogP contribution in [0, 0.1) is 19.7 Å². The Bertz CT molecular complexity index is 881. The molecular weight excluding hydrogens is 361 g/mol. The van der Waals surface area contributed by atoms with Gasteiger partial charge in [-0.25, -0.2) is 12.8 Å². The maximum atomic E-state index is 12.9. The number of Topliss-reactive ketones (excluding diaryl/α,β-unsaturated/α-hetero) is 1. The largest absolute Gasteiger partial charge is 0.360 e. The van der Waals surface area contributed by atoms with Crippen molar-refractivity contribution in [3.63, 3.8) is 0 Å². The SMILES string of the molecule is Cc1noc(C)c1S(=O)(=O)N1CCN(CC(=O)c2ccc(F)cc2)CC1. The molecule has 0 N–H and O–H groups in total. The van der Waals surface area contributed by atoms with Crippen LogP contribution >= 0.6 is 0 Å². The molecule has 0 saturated carbocycles. The molecule has 3 rings (SSSR count). The molecule has 1 fully saturated rings. The number of benzene rings is 1. The lowest BCUT2D eigenvalue weighted by atomic mass is 10.1. The third-order valence-electron chi connectivity index (χ3n) is 4.43. The molecule has 1 aromatic carbocycles. The third-order valence-corrected chi connectivity index (χ3v) is 6.57. The van der Waals surface area contributed by atoms with E-state index in [0.29, 0.717) is 24.3 Å². The highest BCUT2D eigenvalue weighted by Crippen LogP contribution is 2.24. The zero-order chi connectivity index (χ0) is 18.9. The Labute approximate surface area is 151 Å². The Morgan fingerprint density at radius 1 is 1.15 bits per heavy atom. The summed E-state index contributed by atoms with van der Waals surface area (Å²) >= 11 is 0. The summed E-state index contributed by atoms with van der Waals surface area (Å²) in [5, 5.41) is 3.71. The van der Waals surface area contributed by atoms with Crippen LogP contribution in [0.3, 0.4) is 0 Å². The molecule has 0 aliphatic carbocycles. The minimum Gasteiger partial charge on any atom is -0.360 e. The highest BCUT2D eigenvalue weighted by atomic mass is 32.2. The van der Waals surface area contributed by atoms with E-state index in [1.807, 2.05) is 4.90 Å². The number of sulfonamides is 1. The highest BCUT2D eigenvalue weighted by molar-refractivity contribution is 7.89. The van der Waals surface area contributed by atoms with Gasteiger partial charge in [-0.15, -0.1) is 0 Å². The minimum absolute atomic E-state index is 0.118. The lowest BCUT2D eigenvalue weighted by molar-refractivity contribution is 0.0901. The van der Waals surface area contributed by atoms with Crippen molar-refractivity contribution in [1.82, 2.24) is 14.4 Å². The summed E-state index contributed by atoms with van der Waals surface area (Å²) in [7, 11) is -3.67. The van der Waals surface area contributed by atoms with Gasteiger partial charge >= 0.3 is 0 Å². The van der Waals surface area contributed by atoms with Crippen molar-refractivity contribution in [3.8, 4) is 0 Å². The second kappa shape index (κ2) is 7.26. The molecule has 0 atom stereocenters. The molecule has 9 heteroatoms. The summed E-state index contributed by atoms with van der Waals surface area (Å²) in [6.07, 6.45) is 0. The van der Waals surface area contributed by atoms with Crippen LogP contribution in [0.2, 0.25) is 0 Å². The first-order valence-corrected chi connectivity index (χ1v) is 9.67. The molecule has 0 radical (unpaired) electrons. The average Bonchev–Trinajstić information content (AvgIpc) is 2.95. The van der Waals surface area contributed by atoms with Crippen LogP contribution in [0.15, 0.2) is 33.7 Å². The molecule has 0 amide bonds. The normalized spacial score (nSPS) is 16.7. The highest BCUT2D eigenvalue weighted by Gasteiger charge is 2.33. The molecule has 140 valence electrons. The number of carbonyl (C=O) groups excluding carboxylic acids is 1. The molecule has 2 aromatic rings. The van der Waals surface area contributed by atoms with Crippen LogP contribution in [0.1, 0.15) is 21.8 Å². The zero-order valence-corrected chi connectivity index (χ0v) is 15.4.